The first-order valence-electron chi connectivity index (χ1n) is 7.77. The van der Waals surface area contributed by atoms with Gasteiger partial charge in [0, 0.05) is 5.75 Å². The highest BCUT2D eigenvalue weighted by Crippen LogP contribution is 2.28. The molecule has 26 heavy (non-hydrogen) atoms. The van der Waals surface area contributed by atoms with E-state index in [1.165, 1.54) is 28.2 Å². The van der Waals surface area contributed by atoms with E-state index >= 15 is 0 Å². The summed E-state index contributed by atoms with van der Waals surface area (Å²) in [7, 11) is 0. The van der Waals surface area contributed by atoms with Crippen molar-refractivity contribution in [1.82, 2.24) is 15.5 Å². The molecule has 1 unspecified atom stereocenters. The van der Waals surface area contributed by atoms with Crippen LogP contribution in [0, 0.1) is 0 Å². The summed E-state index contributed by atoms with van der Waals surface area (Å²) in [5.74, 6) is 0.196. The molecule has 0 aliphatic carbocycles. The molecule has 0 saturated heterocycles. The van der Waals surface area contributed by atoms with Gasteiger partial charge in [-0.25, -0.2) is 0 Å². The highest BCUT2D eigenvalue weighted by molar-refractivity contribution is 8.00. The number of nitrogens with zero attached hydrogens (tertiary/aromatic N) is 2. The van der Waals surface area contributed by atoms with Crippen molar-refractivity contribution in [3.63, 3.8) is 0 Å². The molecule has 9 heteroatoms. The van der Waals surface area contributed by atoms with Crippen LogP contribution in [0.1, 0.15) is 22.2 Å². The van der Waals surface area contributed by atoms with Crippen LogP contribution >= 0.6 is 34.4 Å². The fourth-order valence-electron chi connectivity index (χ4n) is 1.99. The summed E-state index contributed by atoms with van der Waals surface area (Å²) in [5.41, 5.74) is 1.20. The third kappa shape index (κ3) is 5.13. The average molecular weight is 405 g/mol. The lowest BCUT2D eigenvalue weighted by atomic mass is 10.2. The van der Waals surface area contributed by atoms with E-state index in [1.54, 1.807) is 30.8 Å². The van der Waals surface area contributed by atoms with Gasteiger partial charge in [0.2, 0.25) is 11.0 Å². The topological polar surface area (TPSA) is 84.0 Å². The Kier molecular flexibility index (Phi) is 6.37. The van der Waals surface area contributed by atoms with Crippen molar-refractivity contribution in [2.45, 2.75) is 23.1 Å². The van der Waals surface area contributed by atoms with E-state index in [1.807, 2.05) is 23.6 Å². The molecular weight excluding hydrogens is 388 g/mol. The largest absolute Gasteiger partial charge is 0.340 e. The molecular formula is C17H16N4O2S3. The molecule has 2 N–H and O–H groups in total. The van der Waals surface area contributed by atoms with Gasteiger partial charge in [-0.2, -0.15) is 0 Å². The van der Waals surface area contributed by atoms with Gasteiger partial charge >= 0.3 is 0 Å². The van der Waals surface area contributed by atoms with Crippen LogP contribution in [0.25, 0.3) is 0 Å². The predicted molar refractivity (Wildman–Crippen MR) is 106 cm³/mol. The van der Waals surface area contributed by atoms with Gasteiger partial charge in [0.1, 0.15) is 6.04 Å². The SMILES string of the molecule is CC(NC(=O)c1cccs1)C(=O)Nc1nnc(SCc2ccccc2)s1. The summed E-state index contributed by atoms with van der Waals surface area (Å²) >= 11 is 4.21. The van der Waals surface area contributed by atoms with Crippen LogP contribution in [0.15, 0.2) is 52.2 Å². The minimum absolute atomic E-state index is 0.265. The van der Waals surface area contributed by atoms with Crippen LogP contribution in [0.4, 0.5) is 5.13 Å². The summed E-state index contributed by atoms with van der Waals surface area (Å²) in [5, 5.41) is 15.7. The molecule has 3 aromatic rings. The van der Waals surface area contributed by atoms with Crippen LogP contribution in [0.3, 0.4) is 0 Å². The van der Waals surface area contributed by atoms with Gasteiger partial charge in [0.05, 0.1) is 4.88 Å². The molecule has 0 radical (unpaired) electrons. The molecule has 134 valence electrons. The number of benzene rings is 1. The van der Waals surface area contributed by atoms with E-state index < -0.39 is 6.04 Å². The lowest BCUT2D eigenvalue weighted by Gasteiger charge is -2.11. The monoisotopic (exact) mass is 404 g/mol. The number of rotatable bonds is 7. The molecule has 0 spiro atoms. The van der Waals surface area contributed by atoms with E-state index in [0.29, 0.717) is 10.0 Å². The maximum absolute atomic E-state index is 12.2. The summed E-state index contributed by atoms with van der Waals surface area (Å²) in [6, 6.07) is 12.9. The standard InChI is InChI=1S/C17H16N4O2S3/c1-11(18-15(23)13-8-5-9-24-13)14(22)19-16-20-21-17(26-16)25-10-12-6-3-2-4-7-12/h2-9,11H,10H2,1H3,(H,18,23)(H,19,20,22). The van der Waals surface area contributed by atoms with Gasteiger partial charge in [0.25, 0.3) is 5.91 Å². The zero-order valence-electron chi connectivity index (χ0n) is 13.8. The second-order valence-corrected chi connectivity index (χ2v) is 8.46. The number of aromatic nitrogens is 2. The number of thiophene rings is 1. The van der Waals surface area contributed by atoms with Crippen molar-refractivity contribution >= 4 is 51.4 Å². The maximum atomic E-state index is 12.2. The summed E-state index contributed by atoms with van der Waals surface area (Å²) in [4.78, 5) is 24.8. The van der Waals surface area contributed by atoms with Gasteiger partial charge in [0.15, 0.2) is 4.34 Å². The molecule has 0 fully saturated rings. The molecule has 0 bridgehead atoms. The van der Waals surface area contributed by atoms with Gasteiger partial charge in [-0.3, -0.25) is 14.9 Å². The molecule has 3 rings (SSSR count). The minimum Gasteiger partial charge on any atom is -0.340 e. The van der Waals surface area contributed by atoms with Gasteiger partial charge in [-0.1, -0.05) is 59.5 Å². The van der Waals surface area contributed by atoms with Crippen LogP contribution in [-0.2, 0) is 10.5 Å². The first-order chi connectivity index (χ1) is 12.6. The second-order valence-electron chi connectivity index (χ2n) is 5.31. The zero-order valence-corrected chi connectivity index (χ0v) is 16.3. The maximum Gasteiger partial charge on any atom is 0.261 e. The Bertz CT molecular complexity index is 865. The minimum atomic E-state index is -0.672. The number of nitrogens with one attached hydrogen (secondary N) is 2. The highest BCUT2D eigenvalue weighted by Gasteiger charge is 2.18. The Morgan fingerprint density at radius 2 is 1.96 bits per heavy atom. The molecule has 2 amide bonds. The summed E-state index contributed by atoms with van der Waals surface area (Å²) in [6.07, 6.45) is 0. The van der Waals surface area contributed by atoms with Crippen molar-refractivity contribution in [3.05, 3.63) is 58.3 Å². The Balaban J connectivity index is 1.50. The number of anilines is 1. The summed E-state index contributed by atoms with van der Waals surface area (Å²) in [6.45, 7) is 1.63. The fourth-order valence-corrected chi connectivity index (χ4v) is 4.33. The average Bonchev–Trinajstić information content (AvgIpc) is 3.33. The number of carbonyl (C=O) groups excluding carboxylic acids is 2. The molecule has 0 aliphatic heterocycles. The smallest absolute Gasteiger partial charge is 0.261 e. The van der Waals surface area contributed by atoms with Crippen molar-refractivity contribution in [1.29, 1.82) is 0 Å². The lowest BCUT2D eigenvalue weighted by molar-refractivity contribution is -0.117. The number of hydrogen-bond acceptors (Lipinski definition) is 7. The Morgan fingerprint density at radius 1 is 1.15 bits per heavy atom. The van der Waals surface area contributed by atoms with E-state index in [-0.39, 0.29) is 11.8 Å². The lowest BCUT2D eigenvalue weighted by Crippen LogP contribution is -2.41. The third-order valence-electron chi connectivity index (χ3n) is 3.33. The van der Waals surface area contributed by atoms with Crippen molar-refractivity contribution in [2.75, 3.05) is 5.32 Å². The highest BCUT2D eigenvalue weighted by atomic mass is 32.2. The number of amides is 2. The molecule has 1 aromatic carbocycles. The fraction of sp³-hybridized carbons (Fsp3) is 0.176. The number of thioether (sulfide) groups is 1. The second kappa shape index (κ2) is 8.93. The van der Waals surface area contributed by atoms with E-state index in [4.69, 9.17) is 0 Å². The van der Waals surface area contributed by atoms with Crippen LogP contribution in [-0.4, -0.2) is 28.1 Å². The normalized spacial score (nSPS) is 11.7. The van der Waals surface area contributed by atoms with Gasteiger partial charge in [-0.05, 0) is 23.9 Å². The number of hydrogen-bond donors (Lipinski definition) is 2. The van der Waals surface area contributed by atoms with Crippen molar-refractivity contribution in [3.8, 4) is 0 Å². The van der Waals surface area contributed by atoms with Crippen LogP contribution in [0.5, 0.6) is 0 Å². The third-order valence-corrected chi connectivity index (χ3v) is 6.24. The first-order valence-corrected chi connectivity index (χ1v) is 10.5. The van der Waals surface area contributed by atoms with E-state index in [0.717, 1.165) is 10.1 Å². The van der Waals surface area contributed by atoms with Gasteiger partial charge in [-0.15, -0.1) is 21.5 Å². The Labute approximate surface area is 163 Å². The molecule has 1 atom stereocenters. The molecule has 6 nitrogen and oxygen atoms in total. The molecule has 2 aromatic heterocycles. The molecule has 0 saturated carbocycles. The summed E-state index contributed by atoms with van der Waals surface area (Å²) < 4.78 is 0.777. The quantitative estimate of drug-likeness (QED) is 0.464. The van der Waals surface area contributed by atoms with Crippen LogP contribution < -0.4 is 10.6 Å². The molecule has 0 aliphatic rings. The first kappa shape index (κ1) is 18.6. The Morgan fingerprint density at radius 3 is 2.69 bits per heavy atom. The van der Waals surface area contributed by atoms with Gasteiger partial charge < -0.3 is 5.32 Å². The van der Waals surface area contributed by atoms with E-state index in [9.17, 15) is 9.59 Å². The van der Waals surface area contributed by atoms with Crippen molar-refractivity contribution < 1.29 is 9.59 Å². The predicted octanol–water partition coefficient (Wildman–Crippen LogP) is 3.65. The number of carbonyl (C=O) groups is 2. The van der Waals surface area contributed by atoms with E-state index in [2.05, 4.69) is 33.0 Å². The zero-order chi connectivity index (χ0) is 18.4. The van der Waals surface area contributed by atoms with Crippen LogP contribution in [0.2, 0.25) is 0 Å². The Hall–Kier alpha value is -2.23. The molecule has 2 heterocycles. The van der Waals surface area contributed by atoms with Crippen molar-refractivity contribution in [2.24, 2.45) is 0 Å².